The first-order valence-electron chi connectivity index (χ1n) is 6.50. The van der Waals surface area contributed by atoms with Crippen LogP contribution in [0.1, 0.15) is 5.56 Å². The summed E-state index contributed by atoms with van der Waals surface area (Å²) < 4.78 is 38.6. The molecule has 2 rings (SSSR count). The average molecular weight is 336 g/mol. The SMILES string of the molecule is O=C(O)[C@@H]1CN(C(=O)Cc2ccc(Cl)cc2)C[C@H]1C(F)(F)F. The van der Waals surface area contributed by atoms with Crippen molar-refractivity contribution in [1.82, 2.24) is 4.90 Å². The molecule has 0 bridgehead atoms. The predicted octanol–water partition coefficient (Wildman–Crippen LogP) is 2.60. The Morgan fingerprint density at radius 1 is 1.23 bits per heavy atom. The summed E-state index contributed by atoms with van der Waals surface area (Å²) in [4.78, 5) is 24.0. The maximum absolute atomic E-state index is 12.9. The first kappa shape index (κ1) is 16.6. The zero-order chi connectivity index (χ0) is 16.5. The van der Waals surface area contributed by atoms with Gasteiger partial charge in [-0.2, -0.15) is 13.2 Å². The van der Waals surface area contributed by atoms with Crippen molar-refractivity contribution in [2.75, 3.05) is 13.1 Å². The number of carboxylic acid groups (broad SMARTS) is 1. The molecule has 4 nitrogen and oxygen atoms in total. The molecule has 1 N–H and O–H groups in total. The molecular weight excluding hydrogens is 323 g/mol. The van der Waals surface area contributed by atoms with Gasteiger partial charge in [0.15, 0.2) is 0 Å². The molecule has 0 spiro atoms. The highest BCUT2D eigenvalue weighted by molar-refractivity contribution is 6.30. The van der Waals surface area contributed by atoms with E-state index in [1.807, 2.05) is 0 Å². The highest BCUT2D eigenvalue weighted by Gasteiger charge is 2.53. The smallest absolute Gasteiger partial charge is 0.394 e. The predicted molar refractivity (Wildman–Crippen MR) is 72.4 cm³/mol. The number of carbonyl (C=O) groups excluding carboxylic acids is 1. The molecule has 2 atom stereocenters. The van der Waals surface area contributed by atoms with E-state index in [1.54, 1.807) is 24.3 Å². The van der Waals surface area contributed by atoms with Crippen molar-refractivity contribution in [3.63, 3.8) is 0 Å². The highest BCUT2D eigenvalue weighted by atomic mass is 35.5. The van der Waals surface area contributed by atoms with E-state index >= 15 is 0 Å². The number of likely N-dealkylation sites (tertiary alicyclic amines) is 1. The van der Waals surface area contributed by atoms with Gasteiger partial charge in [-0.1, -0.05) is 23.7 Å². The molecule has 0 aliphatic carbocycles. The number of benzene rings is 1. The van der Waals surface area contributed by atoms with Crippen LogP contribution in [0.2, 0.25) is 5.02 Å². The van der Waals surface area contributed by atoms with Crippen LogP contribution in [-0.4, -0.2) is 41.1 Å². The van der Waals surface area contributed by atoms with E-state index in [4.69, 9.17) is 16.7 Å². The largest absolute Gasteiger partial charge is 0.481 e. The van der Waals surface area contributed by atoms with Gasteiger partial charge in [0.25, 0.3) is 0 Å². The third kappa shape index (κ3) is 3.71. The number of carbonyl (C=O) groups is 2. The van der Waals surface area contributed by atoms with Gasteiger partial charge in [0, 0.05) is 18.1 Å². The van der Waals surface area contributed by atoms with Crippen molar-refractivity contribution in [1.29, 1.82) is 0 Å². The average Bonchev–Trinajstić information content (AvgIpc) is 2.86. The van der Waals surface area contributed by atoms with E-state index in [0.29, 0.717) is 10.6 Å². The highest BCUT2D eigenvalue weighted by Crippen LogP contribution is 2.37. The van der Waals surface area contributed by atoms with E-state index in [-0.39, 0.29) is 6.42 Å². The van der Waals surface area contributed by atoms with Crippen LogP contribution in [0.5, 0.6) is 0 Å². The summed E-state index contributed by atoms with van der Waals surface area (Å²) in [6.07, 6.45) is -4.73. The Morgan fingerprint density at radius 3 is 2.27 bits per heavy atom. The number of hydrogen-bond acceptors (Lipinski definition) is 2. The Hall–Kier alpha value is -1.76. The lowest BCUT2D eigenvalue weighted by molar-refractivity contribution is -0.188. The molecule has 8 heteroatoms. The first-order valence-corrected chi connectivity index (χ1v) is 6.88. The fraction of sp³-hybridized carbons (Fsp3) is 0.429. The standard InChI is InChI=1S/C14H13ClF3NO3/c15-9-3-1-8(2-4-9)5-12(20)19-6-10(13(21)22)11(7-19)14(16,17)18/h1-4,10-11H,5-7H2,(H,21,22)/t10-,11-/m1/s1. The summed E-state index contributed by atoms with van der Waals surface area (Å²) in [6.45, 7) is -1.04. The van der Waals surface area contributed by atoms with Gasteiger partial charge in [0.1, 0.15) is 0 Å². The van der Waals surface area contributed by atoms with Crippen LogP contribution < -0.4 is 0 Å². The van der Waals surface area contributed by atoms with E-state index in [9.17, 15) is 22.8 Å². The Kier molecular flexibility index (Phi) is 4.65. The number of halogens is 4. The van der Waals surface area contributed by atoms with Gasteiger partial charge in [0.2, 0.25) is 5.91 Å². The van der Waals surface area contributed by atoms with Crippen LogP contribution in [0.4, 0.5) is 13.2 Å². The van der Waals surface area contributed by atoms with E-state index in [0.717, 1.165) is 4.90 Å². The first-order chi connectivity index (χ1) is 10.2. The minimum absolute atomic E-state index is 0.0892. The molecule has 120 valence electrons. The second kappa shape index (κ2) is 6.16. The van der Waals surface area contributed by atoms with E-state index < -0.39 is 43.0 Å². The number of nitrogens with zero attached hydrogens (tertiary/aromatic N) is 1. The topological polar surface area (TPSA) is 57.6 Å². The lowest BCUT2D eigenvalue weighted by Crippen LogP contribution is -2.34. The molecule has 0 aromatic heterocycles. The number of aliphatic carboxylic acids is 1. The molecule has 0 unspecified atom stereocenters. The summed E-state index contributed by atoms with van der Waals surface area (Å²) in [5.74, 6) is -5.71. The Labute approximate surface area is 129 Å². The summed E-state index contributed by atoms with van der Waals surface area (Å²) in [6, 6.07) is 6.36. The van der Waals surface area contributed by atoms with Crippen LogP contribution in [-0.2, 0) is 16.0 Å². The normalized spacial score (nSPS) is 21.9. The summed E-state index contributed by atoms with van der Waals surface area (Å²) in [5, 5.41) is 9.40. The lowest BCUT2D eigenvalue weighted by Gasteiger charge is -2.18. The van der Waals surface area contributed by atoms with Crippen molar-refractivity contribution >= 4 is 23.5 Å². The van der Waals surface area contributed by atoms with Gasteiger partial charge in [-0.25, -0.2) is 0 Å². The minimum Gasteiger partial charge on any atom is -0.481 e. The second-order valence-corrected chi connectivity index (χ2v) is 5.63. The molecule has 1 heterocycles. The maximum Gasteiger partial charge on any atom is 0.394 e. The van der Waals surface area contributed by atoms with E-state index in [2.05, 4.69) is 0 Å². The zero-order valence-electron chi connectivity index (χ0n) is 11.3. The molecule has 22 heavy (non-hydrogen) atoms. The summed E-state index contributed by atoms with van der Waals surface area (Å²) in [5.41, 5.74) is 0.608. The molecule has 1 aromatic rings. The van der Waals surface area contributed by atoms with Crippen LogP contribution >= 0.6 is 11.6 Å². The molecule has 0 saturated carbocycles. The fourth-order valence-electron chi connectivity index (χ4n) is 2.48. The summed E-state index contributed by atoms with van der Waals surface area (Å²) >= 11 is 5.71. The molecule has 1 fully saturated rings. The number of rotatable bonds is 3. The Morgan fingerprint density at radius 2 is 1.82 bits per heavy atom. The van der Waals surface area contributed by atoms with Crippen molar-refractivity contribution < 1.29 is 27.9 Å². The van der Waals surface area contributed by atoms with Crippen molar-refractivity contribution in [2.24, 2.45) is 11.8 Å². The molecule has 1 saturated heterocycles. The van der Waals surface area contributed by atoms with Crippen molar-refractivity contribution in [3.05, 3.63) is 34.9 Å². The third-order valence-electron chi connectivity index (χ3n) is 3.68. The zero-order valence-corrected chi connectivity index (χ0v) is 12.1. The molecule has 0 radical (unpaired) electrons. The Balaban J connectivity index is 2.08. The molecule has 1 aliphatic rings. The quantitative estimate of drug-likeness (QED) is 0.923. The molecule has 1 amide bonds. The monoisotopic (exact) mass is 335 g/mol. The van der Waals surface area contributed by atoms with Gasteiger partial charge in [-0.3, -0.25) is 9.59 Å². The number of carboxylic acids is 1. The second-order valence-electron chi connectivity index (χ2n) is 5.19. The van der Waals surface area contributed by atoms with Crippen LogP contribution in [0.3, 0.4) is 0 Å². The third-order valence-corrected chi connectivity index (χ3v) is 3.93. The van der Waals surface area contributed by atoms with Crippen LogP contribution in [0.25, 0.3) is 0 Å². The maximum atomic E-state index is 12.9. The van der Waals surface area contributed by atoms with Crippen molar-refractivity contribution in [3.8, 4) is 0 Å². The van der Waals surface area contributed by atoms with Crippen LogP contribution in [0, 0.1) is 11.8 Å². The fourth-order valence-corrected chi connectivity index (χ4v) is 2.60. The van der Waals surface area contributed by atoms with Gasteiger partial charge in [-0.05, 0) is 17.7 Å². The molecule has 1 aromatic carbocycles. The molecular formula is C14H13ClF3NO3. The Bertz CT molecular complexity index is 574. The number of amides is 1. The number of hydrogen-bond donors (Lipinski definition) is 1. The minimum atomic E-state index is -4.64. The van der Waals surface area contributed by atoms with Gasteiger partial charge < -0.3 is 10.0 Å². The van der Waals surface area contributed by atoms with E-state index in [1.165, 1.54) is 0 Å². The van der Waals surface area contributed by atoms with Crippen LogP contribution in [0.15, 0.2) is 24.3 Å². The summed E-state index contributed by atoms with van der Waals surface area (Å²) in [7, 11) is 0. The van der Waals surface area contributed by atoms with Crippen molar-refractivity contribution in [2.45, 2.75) is 12.6 Å². The van der Waals surface area contributed by atoms with Gasteiger partial charge in [0.05, 0.1) is 18.3 Å². The number of alkyl halides is 3. The van der Waals surface area contributed by atoms with Gasteiger partial charge in [-0.15, -0.1) is 0 Å². The lowest BCUT2D eigenvalue weighted by atomic mass is 9.96. The van der Waals surface area contributed by atoms with Gasteiger partial charge >= 0.3 is 12.1 Å². The molecule has 1 aliphatic heterocycles.